The molecule has 3 heteroatoms. The van der Waals surface area contributed by atoms with Crippen molar-refractivity contribution in [2.75, 3.05) is 24.6 Å². The van der Waals surface area contributed by atoms with Crippen LogP contribution in [0.15, 0.2) is 36.4 Å². The largest absolute Gasteiger partial charge is 0.375 e. The van der Waals surface area contributed by atoms with Gasteiger partial charge in [0.25, 0.3) is 0 Å². The van der Waals surface area contributed by atoms with E-state index in [1.54, 1.807) is 0 Å². The van der Waals surface area contributed by atoms with Crippen LogP contribution in [0.1, 0.15) is 12.5 Å². The van der Waals surface area contributed by atoms with Crippen LogP contribution < -0.4 is 10.6 Å². The first-order valence-electron chi connectivity index (χ1n) is 6.87. The van der Waals surface area contributed by atoms with Gasteiger partial charge in [0, 0.05) is 30.7 Å². The van der Waals surface area contributed by atoms with Crippen molar-refractivity contribution in [1.29, 1.82) is 0 Å². The second-order valence-electron chi connectivity index (χ2n) is 5.12. The molecule has 0 saturated carbocycles. The Kier molecular flexibility index (Phi) is 3.40. The van der Waals surface area contributed by atoms with Gasteiger partial charge in [-0.25, -0.2) is 0 Å². The highest BCUT2D eigenvalue weighted by Gasteiger charge is 2.18. The monoisotopic (exact) mass is 256 g/mol. The van der Waals surface area contributed by atoms with Crippen molar-refractivity contribution in [1.82, 2.24) is 0 Å². The predicted octanol–water partition coefficient (Wildman–Crippen LogP) is 2.52. The Morgan fingerprint density at radius 3 is 2.74 bits per heavy atom. The standard InChI is InChI=1S/C16H20N2O/c1-12-11-18(8-9-19-12)16-7-6-13(10-17)14-4-2-3-5-15(14)16/h2-7,12H,8-11,17H2,1H3. The zero-order valence-corrected chi connectivity index (χ0v) is 11.3. The summed E-state index contributed by atoms with van der Waals surface area (Å²) in [7, 11) is 0. The van der Waals surface area contributed by atoms with Crippen LogP contribution in [-0.4, -0.2) is 25.8 Å². The first kappa shape index (κ1) is 12.5. The number of nitrogens with two attached hydrogens (primary N) is 1. The third kappa shape index (κ3) is 2.31. The molecule has 0 radical (unpaired) electrons. The molecular weight excluding hydrogens is 236 g/mol. The van der Waals surface area contributed by atoms with Gasteiger partial charge in [0.1, 0.15) is 0 Å². The summed E-state index contributed by atoms with van der Waals surface area (Å²) in [5.41, 5.74) is 8.34. The van der Waals surface area contributed by atoms with Crippen molar-refractivity contribution in [2.24, 2.45) is 5.73 Å². The fraction of sp³-hybridized carbons (Fsp3) is 0.375. The third-order valence-corrected chi connectivity index (χ3v) is 3.79. The van der Waals surface area contributed by atoms with E-state index < -0.39 is 0 Å². The second kappa shape index (κ2) is 5.19. The van der Waals surface area contributed by atoms with Gasteiger partial charge in [-0.2, -0.15) is 0 Å². The highest BCUT2D eigenvalue weighted by atomic mass is 16.5. The topological polar surface area (TPSA) is 38.5 Å². The van der Waals surface area contributed by atoms with E-state index in [9.17, 15) is 0 Å². The predicted molar refractivity (Wildman–Crippen MR) is 79.5 cm³/mol. The van der Waals surface area contributed by atoms with Crippen molar-refractivity contribution in [3.8, 4) is 0 Å². The maximum atomic E-state index is 5.83. The Morgan fingerprint density at radius 2 is 2.00 bits per heavy atom. The van der Waals surface area contributed by atoms with E-state index in [0.29, 0.717) is 12.6 Å². The molecule has 100 valence electrons. The molecule has 2 aromatic carbocycles. The van der Waals surface area contributed by atoms with Gasteiger partial charge in [-0.15, -0.1) is 0 Å². The summed E-state index contributed by atoms with van der Waals surface area (Å²) in [6.07, 6.45) is 0.293. The van der Waals surface area contributed by atoms with Crippen molar-refractivity contribution in [3.63, 3.8) is 0 Å². The van der Waals surface area contributed by atoms with Crippen molar-refractivity contribution < 1.29 is 4.74 Å². The number of benzene rings is 2. The molecule has 1 unspecified atom stereocenters. The van der Waals surface area contributed by atoms with Gasteiger partial charge in [-0.3, -0.25) is 0 Å². The van der Waals surface area contributed by atoms with Gasteiger partial charge in [-0.1, -0.05) is 30.3 Å². The number of anilines is 1. The summed E-state index contributed by atoms with van der Waals surface area (Å²) < 4.78 is 5.62. The quantitative estimate of drug-likeness (QED) is 0.897. The molecule has 1 heterocycles. The molecule has 0 bridgehead atoms. The molecule has 0 amide bonds. The zero-order chi connectivity index (χ0) is 13.2. The minimum absolute atomic E-state index is 0.293. The summed E-state index contributed by atoms with van der Waals surface area (Å²) in [5.74, 6) is 0. The van der Waals surface area contributed by atoms with Crippen LogP contribution >= 0.6 is 0 Å². The minimum Gasteiger partial charge on any atom is -0.375 e. The van der Waals surface area contributed by atoms with Gasteiger partial charge in [-0.05, 0) is 23.9 Å². The van der Waals surface area contributed by atoms with E-state index in [2.05, 4.69) is 48.2 Å². The summed E-state index contributed by atoms with van der Waals surface area (Å²) in [4.78, 5) is 2.41. The molecule has 1 saturated heterocycles. The van der Waals surface area contributed by atoms with E-state index in [0.717, 1.165) is 19.7 Å². The maximum absolute atomic E-state index is 5.83. The first-order valence-corrected chi connectivity index (χ1v) is 6.87. The number of morpholine rings is 1. The molecule has 1 atom stereocenters. The Labute approximate surface area is 114 Å². The highest BCUT2D eigenvalue weighted by molar-refractivity contribution is 5.96. The number of hydrogen-bond donors (Lipinski definition) is 1. The van der Waals surface area contributed by atoms with Crippen LogP contribution in [-0.2, 0) is 11.3 Å². The van der Waals surface area contributed by atoms with Gasteiger partial charge in [0.15, 0.2) is 0 Å². The lowest BCUT2D eigenvalue weighted by Crippen LogP contribution is -2.41. The van der Waals surface area contributed by atoms with Crippen LogP contribution in [0.3, 0.4) is 0 Å². The summed E-state index contributed by atoms with van der Waals surface area (Å²) in [5, 5.41) is 2.56. The number of hydrogen-bond acceptors (Lipinski definition) is 3. The van der Waals surface area contributed by atoms with Crippen LogP contribution in [0.5, 0.6) is 0 Å². The maximum Gasteiger partial charge on any atom is 0.0722 e. The van der Waals surface area contributed by atoms with Crippen molar-refractivity contribution in [2.45, 2.75) is 19.6 Å². The fourth-order valence-corrected chi connectivity index (χ4v) is 2.84. The van der Waals surface area contributed by atoms with E-state index >= 15 is 0 Å². The molecule has 19 heavy (non-hydrogen) atoms. The Bertz CT molecular complexity index is 582. The highest BCUT2D eigenvalue weighted by Crippen LogP contribution is 2.30. The number of fused-ring (bicyclic) bond motifs is 1. The van der Waals surface area contributed by atoms with E-state index in [1.807, 2.05) is 0 Å². The summed E-state index contributed by atoms with van der Waals surface area (Å²) in [6.45, 7) is 5.42. The molecule has 2 aromatic rings. The second-order valence-corrected chi connectivity index (χ2v) is 5.12. The number of rotatable bonds is 2. The fourth-order valence-electron chi connectivity index (χ4n) is 2.84. The zero-order valence-electron chi connectivity index (χ0n) is 11.3. The summed E-state index contributed by atoms with van der Waals surface area (Å²) >= 11 is 0. The summed E-state index contributed by atoms with van der Waals surface area (Å²) in [6, 6.07) is 12.9. The SMILES string of the molecule is CC1CN(c2ccc(CN)c3ccccc23)CCO1. The van der Waals surface area contributed by atoms with Crippen LogP contribution in [0.25, 0.3) is 10.8 Å². The molecule has 0 aliphatic carbocycles. The smallest absolute Gasteiger partial charge is 0.0722 e. The molecule has 1 aliphatic heterocycles. The lowest BCUT2D eigenvalue weighted by Gasteiger charge is -2.34. The van der Waals surface area contributed by atoms with Crippen molar-refractivity contribution in [3.05, 3.63) is 42.0 Å². The molecule has 1 fully saturated rings. The molecular formula is C16H20N2O. The molecule has 3 nitrogen and oxygen atoms in total. The lowest BCUT2D eigenvalue weighted by atomic mass is 10.0. The molecule has 2 N–H and O–H groups in total. The third-order valence-electron chi connectivity index (χ3n) is 3.79. The molecule has 0 aromatic heterocycles. The average Bonchev–Trinajstić information content (AvgIpc) is 2.46. The van der Waals surface area contributed by atoms with Gasteiger partial charge < -0.3 is 15.4 Å². The average molecular weight is 256 g/mol. The van der Waals surface area contributed by atoms with Gasteiger partial charge in [0.2, 0.25) is 0 Å². The Balaban J connectivity index is 2.09. The van der Waals surface area contributed by atoms with E-state index in [4.69, 9.17) is 10.5 Å². The molecule has 1 aliphatic rings. The van der Waals surface area contributed by atoms with Crippen molar-refractivity contribution >= 4 is 16.5 Å². The number of nitrogens with zero attached hydrogens (tertiary/aromatic N) is 1. The van der Waals surface area contributed by atoms with Crippen LogP contribution in [0.2, 0.25) is 0 Å². The van der Waals surface area contributed by atoms with Gasteiger partial charge >= 0.3 is 0 Å². The molecule has 3 rings (SSSR count). The van der Waals surface area contributed by atoms with Crippen LogP contribution in [0, 0.1) is 0 Å². The van der Waals surface area contributed by atoms with E-state index in [1.165, 1.54) is 22.0 Å². The van der Waals surface area contributed by atoms with Gasteiger partial charge in [0.05, 0.1) is 12.7 Å². The first-order chi connectivity index (χ1) is 9.29. The Morgan fingerprint density at radius 1 is 1.21 bits per heavy atom. The van der Waals surface area contributed by atoms with Crippen LogP contribution in [0.4, 0.5) is 5.69 Å². The molecule has 0 spiro atoms. The number of ether oxygens (including phenoxy) is 1. The lowest BCUT2D eigenvalue weighted by molar-refractivity contribution is 0.0533. The van der Waals surface area contributed by atoms with E-state index in [-0.39, 0.29) is 0 Å². The minimum atomic E-state index is 0.293. The Hall–Kier alpha value is -1.58. The normalized spacial score (nSPS) is 19.9.